The predicted molar refractivity (Wildman–Crippen MR) is 144 cm³/mol. The van der Waals surface area contributed by atoms with Gasteiger partial charge in [-0.2, -0.15) is 0 Å². The molecule has 4 aromatic rings. The lowest BCUT2D eigenvalue weighted by atomic mass is 10.0. The molecule has 196 valence electrons. The van der Waals surface area contributed by atoms with Crippen molar-refractivity contribution in [1.82, 2.24) is 0 Å². The van der Waals surface area contributed by atoms with Crippen molar-refractivity contribution in [3.63, 3.8) is 0 Å². The van der Waals surface area contributed by atoms with Crippen LogP contribution in [0.4, 0.5) is 0 Å². The molecular formula is C31H30O7. The molecule has 2 heterocycles. The van der Waals surface area contributed by atoms with Gasteiger partial charge in [0.15, 0.2) is 11.5 Å². The van der Waals surface area contributed by atoms with E-state index in [9.17, 15) is 9.59 Å². The molecule has 1 aromatic heterocycles. The zero-order chi connectivity index (χ0) is 26.5. The molecule has 0 bridgehead atoms. The molecule has 7 heteroatoms. The van der Waals surface area contributed by atoms with Crippen LogP contribution in [0.3, 0.4) is 0 Å². The monoisotopic (exact) mass is 514 g/mol. The first-order valence-electron chi connectivity index (χ1n) is 13.0. The molecule has 1 unspecified atom stereocenters. The van der Waals surface area contributed by atoms with Crippen molar-refractivity contribution in [3.05, 3.63) is 88.3 Å². The number of rotatable bonds is 8. The highest BCUT2D eigenvalue weighted by molar-refractivity contribution is 5.84. The maximum atomic E-state index is 13.6. The average molecular weight is 515 g/mol. The molecule has 3 aromatic carbocycles. The van der Waals surface area contributed by atoms with Crippen molar-refractivity contribution in [2.45, 2.75) is 39.2 Å². The quantitative estimate of drug-likeness (QED) is 0.257. The Labute approximate surface area is 220 Å². The van der Waals surface area contributed by atoms with Gasteiger partial charge in [-0.1, -0.05) is 49.7 Å². The molecule has 1 atom stereocenters. The Hall–Kier alpha value is -4.26. The van der Waals surface area contributed by atoms with Gasteiger partial charge in [0.05, 0.1) is 30.8 Å². The van der Waals surface area contributed by atoms with Crippen LogP contribution in [0, 0.1) is 0 Å². The molecule has 7 nitrogen and oxygen atoms in total. The summed E-state index contributed by atoms with van der Waals surface area (Å²) in [4.78, 5) is 26.4. The smallest absolute Gasteiger partial charge is 0.352 e. The highest BCUT2D eigenvalue weighted by Gasteiger charge is 2.26. The summed E-state index contributed by atoms with van der Waals surface area (Å²) < 4.78 is 29.0. The third kappa shape index (κ3) is 5.23. The number of esters is 1. The van der Waals surface area contributed by atoms with Crippen molar-refractivity contribution in [3.8, 4) is 28.4 Å². The van der Waals surface area contributed by atoms with Gasteiger partial charge >= 0.3 is 5.97 Å². The molecule has 0 saturated heterocycles. The maximum absolute atomic E-state index is 13.6. The summed E-state index contributed by atoms with van der Waals surface area (Å²) in [5.74, 6) is 1.28. The Morgan fingerprint density at radius 2 is 1.76 bits per heavy atom. The van der Waals surface area contributed by atoms with Crippen LogP contribution in [0.15, 0.2) is 76.1 Å². The van der Waals surface area contributed by atoms with E-state index in [2.05, 4.69) is 0 Å². The molecule has 0 N–H and O–H groups in total. The zero-order valence-corrected chi connectivity index (χ0v) is 21.5. The topological polar surface area (TPSA) is 84.2 Å². The summed E-state index contributed by atoms with van der Waals surface area (Å²) in [5, 5.41) is 0.442. The van der Waals surface area contributed by atoms with E-state index >= 15 is 0 Å². The fraction of sp³-hybridized carbons (Fsp3) is 0.290. The summed E-state index contributed by atoms with van der Waals surface area (Å²) in [6.07, 6.45) is 2.78. The van der Waals surface area contributed by atoms with Gasteiger partial charge in [-0.25, -0.2) is 4.79 Å². The van der Waals surface area contributed by atoms with Gasteiger partial charge in [0, 0.05) is 18.1 Å². The lowest BCUT2D eigenvalue weighted by Crippen LogP contribution is -2.22. The molecule has 1 aliphatic rings. The first kappa shape index (κ1) is 25.4. The first-order chi connectivity index (χ1) is 18.6. The SMILES string of the molecule is CCCc1cc2c(=O)c(-c3ccc4c(c3)OCCCO4)coc2cc1OC(C(=O)OCC)c1ccccc1. The second-order valence-electron chi connectivity index (χ2n) is 9.06. The number of hydrogen-bond acceptors (Lipinski definition) is 7. The van der Waals surface area contributed by atoms with Gasteiger partial charge in [-0.3, -0.25) is 4.79 Å². The van der Waals surface area contributed by atoms with E-state index in [1.54, 1.807) is 19.1 Å². The average Bonchev–Trinajstić information content (AvgIpc) is 3.18. The van der Waals surface area contributed by atoms with Crippen LogP contribution in [0.25, 0.3) is 22.1 Å². The Balaban J connectivity index is 1.56. The molecule has 0 aliphatic carbocycles. The van der Waals surface area contributed by atoms with Gasteiger partial charge in [-0.15, -0.1) is 0 Å². The van der Waals surface area contributed by atoms with Crippen LogP contribution >= 0.6 is 0 Å². The maximum Gasteiger partial charge on any atom is 0.352 e. The highest BCUT2D eigenvalue weighted by Crippen LogP contribution is 2.35. The normalized spacial score (nSPS) is 13.5. The number of benzene rings is 3. The van der Waals surface area contributed by atoms with Crippen LogP contribution in [-0.4, -0.2) is 25.8 Å². The molecule has 1 aliphatic heterocycles. The third-order valence-electron chi connectivity index (χ3n) is 6.38. The van der Waals surface area contributed by atoms with Gasteiger partial charge in [0.2, 0.25) is 11.5 Å². The molecule has 0 spiro atoms. The third-order valence-corrected chi connectivity index (χ3v) is 6.38. The summed E-state index contributed by atoms with van der Waals surface area (Å²) >= 11 is 0. The van der Waals surface area contributed by atoms with Crippen molar-refractivity contribution in [1.29, 1.82) is 0 Å². The standard InChI is InChI=1S/C31H30O7/c1-3-9-22-16-23-27(18-26(22)38-30(31(33)34-4-2)20-10-6-5-7-11-20)37-19-24(29(23)32)21-12-13-25-28(17-21)36-15-8-14-35-25/h5-7,10-13,16-19,30H,3-4,8-9,14-15H2,1-2H3. The predicted octanol–water partition coefficient (Wildman–Crippen LogP) is 6.26. The second kappa shape index (κ2) is 11.4. The van der Waals surface area contributed by atoms with Gasteiger partial charge in [0.25, 0.3) is 0 Å². The number of aryl methyl sites for hydroxylation is 1. The summed E-state index contributed by atoms with van der Waals surface area (Å²) in [6.45, 7) is 5.19. The van der Waals surface area contributed by atoms with E-state index in [0.717, 1.165) is 18.4 Å². The van der Waals surface area contributed by atoms with Gasteiger partial charge < -0.3 is 23.4 Å². The largest absolute Gasteiger partial charge is 0.490 e. The zero-order valence-electron chi connectivity index (χ0n) is 21.5. The fourth-order valence-electron chi connectivity index (χ4n) is 4.53. The number of carbonyl (C=O) groups excluding carboxylic acids is 1. The molecule has 0 saturated carbocycles. The van der Waals surface area contributed by atoms with E-state index in [4.69, 9.17) is 23.4 Å². The van der Waals surface area contributed by atoms with Crippen LogP contribution in [0.5, 0.6) is 17.2 Å². The number of fused-ring (bicyclic) bond motifs is 2. The molecule has 5 rings (SSSR count). The van der Waals surface area contributed by atoms with Crippen molar-refractivity contribution < 1.29 is 28.2 Å². The van der Waals surface area contributed by atoms with Gasteiger partial charge in [0.1, 0.15) is 17.6 Å². The molecule has 0 radical (unpaired) electrons. The number of hydrogen-bond donors (Lipinski definition) is 0. The number of ether oxygens (including phenoxy) is 4. The minimum absolute atomic E-state index is 0.158. The molecular weight excluding hydrogens is 484 g/mol. The van der Waals surface area contributed by atoms with Crippen LogP contribution in [0.2, 0.25) is 0 Å². The van der Waals surface area contributed by atoms with E-state index in [0.29, 0.717) is 64.5 Å². The molecule has 38 heavy (non-hydrogen) atoms. The lowest BCUT2D eigenvalue weighted by Gasteiger charge is -2.20. The Morgan fingerprint density at radius 3 is 2.53 bits per heavy atom. The highest BCUT2D eigenvalue weighted by atomic mass is 16.6. The van der Waals surface area contributed by atoms with E-state index in [1.165, 1.54) is 6.26 Å². The van der Waals surface area contributed by atoms with E-state index in [1.807, 2.05) is 55.5 Å². The minimum atomic E-state index is -0.947. The van der Waals surface area contributed by atoms with Crippen molar-refractivity contribution in [2.24, 2.45) is 0 Å². The van der Waals surface area contributed by atoms with Crippen LogP contribution in [-0.2, 0) is 16.0 Å². The van der Waals surface area contributed by atoms with Gasteiger partial charge in [-0.05, 0) is 42.7 Å². The lowest BCUT2D eigenvalue weighted by molar-refractivity contribution is -0.151. The summed E-state index contributed by atoms with van der Waals surface area (Å²) in [7, 11) is 0. The summed E-state index contributed by atoms with van der Waals surface area (Å²) in [5.41, 5.74) is 2.83. The van der Waals surface area contributed by atoms with Crippen molar-refractivity contribution >= 4 is 16.9 Å². The Morgan fingerprint density at radius 1 is 0.974 bits per heavy atom. The van der Waals surface area contributed by atoms with Crippen molar-refractivity contribution in [2.75, 3.05) is 19.8 Å². The molecule has 0 amide bonds. The Bertz CT molecular complexity index is 1490. The molecule has 0 fully saturated rings. The van der Waals surface area contributed by atoms with Crippen LogP contribution in [0.1, 0.15) is 43.9 Å². The van der Waals surface area contributed by atoms with Crippen LogP contribution < -0.4 is 19.6 Å². The Kier molecular flexibility index (Phi) is 7.63. The summed E-state index contributed by atoms with van der Waals surface area (Å²) in [6, 6.07) is 18.2. The van der Waals surface area contributed by atoms with E-state index < -0.39 is 12.1 Å². The van der Waals surface area contributed by atoms with E-state index in [-0.39, 0.29) is 12.0 Å². The second-order valence-corrected chi connectivity index (χ2v) is 9.06. The minimum Gasteiger partial charge on any atom is -0.490 e. The fourth-order valence-corrected chi connectivity index (χ4v) is 4.53. The number of carbonyl (C=O) groups is 1. The first-order valence-corrected chi connectivity index (χ1v) is 13.0.